The van der Waals surface area contributed by atoms with Crippen LogP contribution in [0, 0.1) is 5.82 Å². The van der Waals surface area contributed by atoms with Gasteiger partial charge >= 0.3 is 0 Å². The van der Waals surface area contributed by atoms with Crippen LogP contribution in [-0.2, 0) is 9.84 Å². The van der Waals surface area contributed by atoms with E-state index in [0.29, 0.717) is 0 Å². The molecule has 3 rings (SSSR count). The third-order valence-corrected chi connectivity index (χ3v) is 6.28. The number of anilines is 1. The van der Waals surface area contributed by atoms with Crippen LogP contribution in [0.5, 0.6) is 0 Å². The van der Waals surface area contributed by atoms with Gasteiger partial charge in [-0.3, -0.25) is 0 Å². The normalized spacial score (nSPS) is 12.7. The Morgan fingerprint density at radius 2 is 1.85 bits per heavy atom. The maximum Gasteiger partial charge on any atom is 0.234 e. The van der Waals surface area contributed by atoms with Crippen molar-refractivity contribution in [3.63, 3.8) is 0 Å². The molecule has 2 aromatic carbocycles. The number of oxazole rings is 1. The van der Waals surface area contributed by atoms with Crippen LogP contribution in [0.4, 0.5) is 10.3 Å². The summed E-state index contributed by atoms with van der Waals surface area (Å²) in [5.74, 6) is -0.624. The second-order valence-corrected chi connectivity index (χ2v) is 8.82. The molecular weight excluding hydrogens is 435 g/mol. The predicted molar refractivity (Wildman–Crippen MR) is 105 cm³/mol. The minimum absolute atomic E-state index is 0.00511. The smallest absolute Gasteiger partial charge is 0.234 e. The number of nitrogens with one attached hydrogen (secondary N) is 1. The van der Waals surface area contributed by atoms with E-state index in [1.54, 1.807) is 24.3 Å². The van der Waals surface area contributed by atoms with Crippen molar-refractivity contribution >= 4 is 31.7 Å². The van der Waals surface area contributed by atoms with Crippen molar-refractivity contribution in [2.75, 3.05) is 5.32 Å². The molecule has 0 saturated carbocycles. The number of benzene rings is 2. The quantitative estimate of drug-likeness (QED) is 0.550. The summed E-state index contributed by atoms with van der Waals surface area (Å²) in [5, 5.41) is 2.76. The van der Waals surface area contributed by atoms with Crippen molar-refractivity contribution in [2.45, 2.75) is 36.2 Å². The third kappa shape index (κ3) is 4.06. The van der Waals surface area contributed by atoms with Crippen molar-refractivity contribution in [3.8, 4) is 11.5 Å². The molecule has 3 aromatic rings. The number of nitrogens with zero attached hydrogens (tertiary/aromatic N) is 1. The SMILES string of the molecule is CCC(C)Nc1oc(-c2ccccc2F)nc1S(=O)(=O)c1ccc(Br)cc1. The molecule has 0 saturated heterocycles. The zero-order valence-electron chi connectivity index (χ0n) is 14.7. The Balaban J connectivity index is 2.15. The largest absolute Gasteiger partial charge is 0.419 e. The summed E-state index contributed by atoms with van der Waals surface area (Å²) in [5.41, 5.74) is 0.0990. The van der Waals surface area contributed by atoms with Crippen molar-refractivity contribution in [2.24, 2.45) is 0 Å². The van der Waals surface area contributed by atoms with Gasteiger partial charge in [0.1, 0.15) is 5.82 Å². The number of hydrogen-bond acceptors (Lipinski definition) is 5. The summed E-state index contributed by atoms with van der Waals surface area (Å²) in [6.07, 6.45) is 0.744. The van der Waals surface area contributed by atoms with E-state index in [4.69, 9.17) is 4.42 Å². The van der Waals surface area contributed by atoms with Crippen LogP contribution in [-0.4, -0.2) is 19.4 Å². The fourth-order valence-electron chi connectivity index (χ4n) is 2.38. The molecule has 0 bridgehead atoms. The summed E-state index contributed by atoms with van der Waals surface area (Å²) < 4.78 is 46.7. The summed E-state index contributed by atoms with van der Waals surface area (Å²) in [6, 6.07) is 12.1. The summed E-state index contributed by atoms with van der Waals surface area (Å²) >= 11 is 3.28. The second-order valence-electron chi connectivity index (χ2n) is 6.04. The molecule has 0 fully saturated rings. The van der Waals surface area contributed by atoms with Crippen LogP contribution in [0.3, 0.4) is 0 Å². The molecule has 0 spiro atoms. The molecular formula is C19H18BrFN2O3S. The molecule has 0 aliphatic carbocycles. The molecule has 0 aliphatic heterocycles. The van der Waals surface area contributed by atoms with Crippen LogP contribution in [0.25, 0.3) is 11.5 Å². The average molecular weight is 453 g/mol. The Morgan fingerprint density at radius 1 is 1.19 bits per heavy atom. The van der Waals surface area contributed by atoms with E-state index in [2.05, 4.69) is 26.2 Å². The Hall–Kier alpha value is -2.19. The lowest BCUT2D eigenvalue weighted by molar-refractivity contribution is 0.558. The van der Waals surface area contributed by atoms with E-state index in [1.165, 1.54) is 24.3 Å². The van der Waals surface area contributed by atoms with Crippen molar-refractivity contribution < 1.29 is 17.2 Å². The van der Waals surface area contributed by atoms with Gasteiger partial charge in [-0.25, -0.2) is 12.8 Å². The first kappa shape index (κ1) is 19.6. The topological polar surface area (TPSA) is 72.2 Å². The van der Waals surface area contributed by atoms with Crippen molar-refractivity contribution in [3.05, 3.63) is 58.8 Å². The molecule has 1 aromatic heterocycles. The fraction of sp³-hybridized carbons (Fsp3) is 0.211. The number of hydrogen-bond donors (Lipinski definition) is 1. The molecule has 142 valence electrons. The standard InChI is InChI=1S/C19H18BrFN2O3S/c1-3-12(2)22-18-19(27(24,25)14-10-8-13(20)9-11-14)23-17(26-18)15-6-4-5-7-16(15)21/h4-12,22H,3H2,1-2H3. The van der Waals surface area contributed by atoms with Gasteiger partial charge in [0.05, 0.1) is 10.5 Å². The highest BCUT2D eigenvalue weighted by Gasteiger charge is 2.29. The fourth-order valence-corrected chi connectivity index (χ4v) is 3.91. The van der Waals surface area contributed by atoms with Crippen LogP contribution >= 0.6 is 15.9 Å². The Morgan fingerprint density at radius 3 is 2.48 bits per heavy atom. The number of rotatable bonds is 6. The number of halogens is 2. The molecule has 1 atom stereocenters. The van der Waals surface area contributed by atoms with Gasteiger partial charge in [0.2, 0.25) is 26.6 Å². The van der Waals surface area contributed by atoms with E-state index in [-0.39, 0.29) is 33.3 Å². The maximum atomic E-state index is 14.1. The molecule has 1 N–H and O–H groups in total. The lowest BCUT2D eigenvalue weighted by Crippen LogP contribution is -2.15. The number of aromatic nitrogens is 1. The van der Waals surface area contributed by atoms with Crippen LogP contribution in [0.1, 0.15) is 20.3 Å². The van der Waals surface area contributed by atoms with E-state index < -0.39 is 15.7 Å². The van der Waals surface area contributed by atoms with Crippen LogP contribution in [0.15, 0.2) is 67.3 Å². The highest BCUT2D eigenvalue weighted by molar-refractivity contribution is 9.10. The number of sulfone groups is 1. The minimum Gasteiger partial charge on any atom is -0.419 e. The summed E-state index contributed by atoms with van der Waals surface area (Å²) in [6.45, 7) is 3.84. The third-order valence-electron chi connectivity index (χ3n) is 4.07. The molecule has 0 amide bonds. The summed E-state index contributed by atoms with van der Waals surface area (Å²) in [4.78, 5) is 4.21. The summed E-state index contributed by atoms with van der Waals surface area (Å²) in [7, 11) is -3.95. The van der Waals surface area contributed by atoms with Gasteiger partial charge in [0, 0.05) is 10.5 Å². The first-order chi connectivity index (χ1) is 12.8. The van der Waals surface area contributed by atoms with Crippen LogP contribution < -0.4 is 5.32 Å². The maximum absolute atomic E-state index is 14.1. The lowest BCUT2D eigenvalue weighted by Gasteiger charge is -2.11. The van der Waals surface area contributed by atoms with Gasteiger partial charge in [-0.05, 0) is 49.7 Å². The van der Waals surface area contributed by atoms with Gasteiger partial charge in [-0.2, -0.15) is 4.98 Å². The van der Waals surface area contributed by atoms with Gasteiger partial charge in [0.15, 0.2) is 0 Å². The first-order valence-electron chi connectivity index (χ1n) is 8.36. The van der Waals surface area contributed by atoms with Crippen molar-refractivity contribution in [1.29, 1.82) is 0 Å². The van der Waals surface area contributed by atoms with E-state index >= 15 is 0 Å². The van der Waals surface area contributed by atoms with Gasteiger partial charge < -0.3 is 9.73 Å². The van der Waals surface area contributed by atoms with Crippen LogP contribution in [0.2, 0.25) is 0 Å². The predicted octanol–water partition coefficient (Wildman–Crippen LogP) is 5.29. The molecule has 1 heterocycles. The Labute approximate surface area is 165 Å². The van der Waals surface area contributed by atoms with Gasteiger partial charge in [-0.1, -0.05) is 35.0 Å². The molecule has 0 aliphatic rings. The highest BCUT2D eigenvalue weighted by atomic mass is 79.9. The molecule has 27 heavy (non-hydrogen) atoms. The Kier molecular flexibility index (Phi) is 5.67. The zero-order valence-corrected chi connectivity index (χ0v) is 17.1. The molecule has 0 radical (unpaired) electrons. The minimum atomic E-state index is -3.95. The van der Waals surface area contributed by atoms with Gasteiger partial charge in [0.25, 0.3) is 0 Å². The zero-order chi connectivity index (χ0) is 19.6. The molecule has 5 nitrogen and oxygen atoms in total. The highest BCUT2D eigenvalue weighted by Crippen LogP contribution is 2.34. The van der Waals surface area contributed by atoms with E-state index in [1.807, 2.05) is 13.8 Å². The van der Waals surface area contributed by atoms with Gasteiger partial charge in [-0.15, -0.1) is 0 Å². The molecule has 1 unspecified atom stereocenters. The first-order valence-corrected chi connectivity index (χ1v) is 10.6. The lowest BCUT2D eigenvalue weighted by atomic mass is 10.2. The van der Waals surface area contributed by atoms with E-state index in [9.17, 15) is 12.8 Å². The second kappa shape index (κ2) is 7.82. The Bertz CT molecular complexity index is 1050. The average Bonchev–Trinajstić information content (AvgIpc) is 3.06. The van der Waals surface area contributed by atoms with E-state index in [0.717, 1.165) is 10.9 Å². The monoisotopic (exact) mass is 452 g/mol. The molecule has 8 heteroatoms. The van der Waals surface area contributed by atoms with Crippen molar-refractivity contribution in [1.82, 2.24) is 4.98 Å².